The molecule has 0 bridgehead atoms. The maximum atomic E-state index is 4.80. The van der Waals surface area contributed by atoms with Crippen LogP contribution in [0.3, 0.4) is 0 Å². The molecular formula is C15H27N3S. The fraction of sp³-hybridized carbons (Fsp3) is 0.800. The van der Waals surface area contributed by atoms with E-state index in [0.29, 0.717) is 5.41 Å². The third-order valence-corrected chi connectivity index (χ3v) is 4.75. The molecule has 108 valence electrons. The first-order valence-electron chi connectivity index (χ1n) is 7.14. The van der Waals surface area contributed by atoms with Gasteiger partial charge in [0.1, 0.15) is 5.01 Å². The van der Waals surface area contributed by atoms with Crippen molar-refractivity contribution in [3.63, 3.8) is 0 Å². The molecule has 3 nitrogen and oxygen atoms in total. The molecule has 2 rings (SSSR count). The average Bonchev–Trinajstić information content (AvgIpc) is 2.86. The van der Waals surface area contributed by atoms with Crippen molar-refractivity contribution in [3.8, 4) is 0 Å². The zero-order valence-corrected chi connectivity index (χ0v) is 13.7. The largest absolute Gasteiger partial charge is 0.319 e. The van der Waals surface area contributed by atoms with E-state index in [1.165, 1.54) is 30.2 Å². The van der Waals surface area contributed by atoms with Crippen LogP contribution in [0.1, 0.15) is 44.8 Å². The van der Waals surface area contributed by atoms with Gasteiger partial charge in [0, 0.05) is 23.9 Å². The maximum absolute atomic E-state index is 4.80. The van der Waals surface area contributed by atoms with Gasteiger partial charge in [-0.15, -0.1) is 11.3 Å². The van der Waals surface area contributed by atoms with Gasteiger partial charge in [-0.25, -0.2) is 4.98 Å². The molecule has 2 heterocycles. The Kier molecular flexibility index (Phi) is 4.33. The molecule has 1 aromatic rings. The zero-order chi connectivity index (χ0) is 14.1. The van der Waals surface area contributed by atoms with Crippen molar-refractivity contribution in [2.75, 3.05) is 26.7 Å². The lowest BCUT2D eigenvalue weighted by molar-refractivity contribution is 0.265. The van der Waals surface area contributed by atoms with Crippen LogP contribution < -0.4 is 5.32 Å². The van der Waals surface area contributed by atoms with Gasteiger partial charge >= 0.3 is 0 Å². The first-order chi connectivity index (χ1) is 8.82. The molecule has 0 aromatic carbocycles. The van der Waals surface area contributed by atoms with Crippen LogP contribution >= 0.6 is 11.3 Å². The predicted molar refractivity (Wildman–Crippen MR) is 82.7 cm³/mol. The third kappa shape index (κ3) is 3.77. The van der Waals surface area contributed by atoms with E-state index in [1.54, 1.807) is 0 Å². The highest BCUT2D eigenvalue weighted by Gasteiger charge is 2.33. The van der Waals surface area contributed by atoms with Gasteiger partial charge in [-0.3, -0.25) is 4.90 Å². The number of nitrogens with zero attached hydrogens (tertiary/aromatic N) is 2. The van der Waals surface area contributed by atoms with Crippen LogP contribution in [0.2, 0.25) is 0 Å². The van der Waals surface area contributed by atoms with Crippen molar-refractivity contribution in [2.24, 2.45) is 5.41 Å². The molecular weight excluding hydrogens is 254 g/mol. The van der Waals surface area contributed by atoms with Gasteiger partial charge in [0.15, 0.2) is 0 Å². The molecule has 1 saturated heterocycles. The van der Waals surface area contributed by atoms with Crippen LogP contribution in [-0.2, 0) is 12.0 Å². The zero-order valence-electron chi connectivity index (χ0n) is 12.9. The van der Waals surface area contributed by atoms with Gasteiger partial charge < -0.3 is 5.32 Å². The standard InChI is InChI=1S/C15H27N3S/c1-14(2,3)12-9-19-13(17-12)8-18-7-6-15(4,11-18)10-16-5/h9,16H,6-8,10-11H2,1-5H3. The highest BCUT2D eigenvalue weighted by Crippen LogP contribution is 2.31. The molecule has 1 aromatic heterocycles. The second-order valence-electron chi connectivity index (χ2n) is 7.18. The van der Waals surface area contributed by atoms with E-state index in [0.717, 1.165) is 13.1 Å². The first-order valence-corrected chi connectivity index (χ1v) is 8.02. The molecule has 0 spiro atoms. The minimum Gasteiger partial charge on any atom is -0.319 e. The topological polar surface area (TPSA) is 28.2 Å². The maximum Gasteiger partial charge on any atom is 0.107 e. The summed E-state index contributed by atoms with van der Waals surface area (Å²) in [4.78, 5) is 7.34. The lowest BCUT2D eigenvalue weighted by Crippen LogP contribution is -2.32. The summed E-state index contributed by atoms with van der Waals surface area (Å²) in [5.41, 5.74) is 1.82. The van der Waals surface area contributed by atoms with Gasteiger partial charge in [-0.05, 0) is 25.4 Å². The van der Waals surface area contributed by atoms with Gasteiger partial charge in [-0.2, -0.15) is 0 Å². The van der Waals surface area contributed by atoms with Crippen molar-refractivity contribution in [1.29, 1.82) is 0 Å². The van der Waals surface area contributed by atoms with Gasteiger partial charge in [0.25, 0.3) is 0 Å². The number of aromatic nitrogens is 1. The van der Waals surface area contributed by atoms with Crippen LogP contribution in [0.25, 0.3) is 0 Å². The molecule has 4 heteroatoms. The first kappa shape index (κ1) is 14.9. The third-order valence-electron chi connectivity index (χ3n) is 3.92. The quantitative estimate of drug-likeness (QED) is 0.920. The highest BCUT2D eigenvalue weighted by molar-refractivity contribution is 7.09. The highest BCUT2D eigenvalue weighted by atomic mass is 32.1. The second kappa shape index (κ2) is 5.51. The summed E-state index contributed by atoms with van der Waals surface area (Å²) < 4.78 is 0. The van der Waals surface area contributed by atoms with E-state index in [1.807, 2.05) is 18.4 Å². The summed E-state index contributed by atoms with van der Waals surface area (Å²) in [6.07, 6.45) is 1.28. The molecule has 0 aliphatic carbocycles. The van der Waals surface area contributed by atoms with E-state index < -0.39 is 0 Å². The van der Waals surface area contributed by atoms with Crippen molar-refractivity contribution in [1.82, 2.24) is 15.2 Å². The summed E-state index contributed by atoms with van der Waals surface area (Å²) >= 11 is 1.81. The minimum atomic E-state index is 0.167. The van der Waals surface area contributed by atoms with Gasteiger partial charge in [0.2, 0.25) is 0 Å². The van der Waals surface area contributed by atoms with E-state index in [4.69, 9.17) is 4.98 Å². The fourth-order valence-electron chi connectivity index (χ4n) is 2.75. The Labute approximate surface area is 121 Å². The van der Waals surface area contributed by atoms with E-state index in [2.05, 4.69) is 43.3 Å². The normalized spacial score (nSPS) is 25.1. The molecule has 1 N–H and O–H groups in total. The molecule has 1 atom stereocenters. The summed E-state index contributed by atoms with van der Waals surface area (Å²) in [7, 11) is 2.05. The number of thiazole rings is 1. The van der Waals surface area contributed by atoms with Crippen molar-refractivity contribution in [3.05, 3.63) is 16.1 Å². The minimum absolute atomic E-state index is 0.167. The van der Waals surface area contributed by atoms with Crippen molar-refractivity contribution < 1.29 is 0 Å². The van der Waals surface area contributed by atoms with Crippen molar-refractivity contribution >= 4 is 11.3 Å². The lowest BCUT2D eigenvalue weighted by Gasteiger charge is -2.23. The summed E-state index contributed by atoms with van der Waals surface area (Å²) in [5, 5.41) is 6.80. The van der Waals surface area contributed by atoms with Crippen LogP contribution in [0, 0.1) is 5.41 Å². The summed E-state index contributed by atoms with van der Waals surface area (Å²) in [6.45, 7) is 13.6. The lowest BCUT2D eigenvalue weighted by atomic mass is 9.90. The van der Waals surface area contributed by atoms with Crippen LogP contribution in [-0.4, -0.2) is 36.6 Å². The SMILES string of the molecule is CNCC1(C)CCN(Cc2nc(C(C)(C)C)cs2)C1. The number of hydrogen-bond acceptors (Lipinski definition) is 4. The Balaban J connectivity index is 1.94. The number of nitrogens with one attached hydrogen (secondary N) is 1. The Morgan fingerprint density at radius 1 is 1.47 bits per heavy atom. The Hall–Kier alpha value is -0.450. The molecule has 0 amide bonds. The Bertz CT molecular complexity index is 421. The van der Waals surface area contributed by atoms with E-state index >= 15 is 0 Å². The Morgan fingerprint density at radius 2 is 2.21 bits per heavy atom. The summed E-state index contributed by atoms with van der Waals surface area (Å²) in [6, 6.07) is 0. The average molecular weight is 281 g/mol. The van der Waals surface area contributed by atoms with Crippen LogP contribution in [0.15, 0.2) is 5.38 Å². The smallest absolute Gasteiger partial charge is 0.107 e. The summed E-state index contributed by atoms with van der Waals surface area (Å²) in [5.74, 6) is 0. The number of rotatable bonds is 4. The van der Waals surface area contributed by atoms with Gasteiger partial charge in [-0.1, -0.05) is 27.7 Å². The predicted octanol–water partition coefficient (Wildman–Crippen LogP) is 2.87. The monoisotopic (exact) mass is 281 g/mol. The molecule has 0 radical (unpaired) electrons. The number of likely N-dealkylation sites (tertiary alicyclic amines) is 1. The van der Waals surface area contributed by atoms with Crippen LogP contribution in [0.4, 0.5) is 0 Å². The van der Waals surface area contributed by atoms with Crippen LogP contribution in [0.5, 0.6) is 0 Å². The second-order valence-corrected chi connectivity index (χ2v) is 8.12. The van der Waals surface area contributed by atoms with E-state index in [9.17, 15) is 0 Å². The van der Waals surface area contributed by atoms with Gasteiger partial charge in [0.05, 0.1) is 12.2 Å². The molecule has 0 saturated carbocycles. The van der Waals surface area contributed by atoms with E-state index in [-0.39, 0.29) is 5.41 Å². The molecule has 1 fully saturated rings. The van der Waals surface area contributed by atoms with Crippen molar-refractivity contribution in [2.45, 2.75) is 46.1 Å². The molecule has 1 unspecified atom stereocenters. The Morgan fingerprint density at radius 3 is 2.79 bits per heavy atom. The number of hydrogen-bond donors (Lipinski definition) is 1. The molecule has 19 heavy (non-hydrogen) atoms. The fourth-order valence-corrected chi connectivity index (χ4v) is 3.81. The molecule has 1 aliphatic rings. The molecule has 1 aliphatic heterocycles.